The third-order valence-corrected chi connectivity index (χ3v) is 2.28. The molecule has 0 aliphatic heterocycles. The molecule has 0 saturated carbocycles. The molecule has 19 heavy (non-hydrogen) atoms. The number of hydrogen-bond donors (Lipinski definition) is 5. The fourth-order valence-corrected chi connectivity index (χ4v) is 1.25. The Labute approximate surface area is 109 Å². The van der Waals surface area contributed by atoms with Crippen LogP contribution in [-0.2, 0) is 16.0 Å². The third-order valence-electron chi connectivity index (χ3n) is 2.28. The monoisotopic (exact) mass is 266 g/mol. The van der Waals surface area contributed by atoms with Crippen LogP contribution in [0.15, 0.2) is 36.2 Å². The van der Waals surface area contributed by atoms with Crippen molar-refractivity contribution in [2.24, 2.45) is 5.73 Å². The summed E-state index contributed by atoms with van der Waals surface area (Å²) in [5.74, 6) is -2.05. The lowest BCUT2D eigenvalue weighted by Crippen LogP contribution is -2.33. The minimum absolute atomic E-state index is 0.0347. The van der Waals surface area contributed by atoms with Crippen molar-refractivity contribution in [2.45, 2.75) is 12.5 Å². The number of carbonyl (C=O) groups is 2. The van der Waals surface area contributed by atoms with Gasteiger partial charge in [0.15, 0.2) is 0 Å². The van der Waals surface area contributed by atoms with Gasteiger partial charge in [-0.15, -0.1) is 0 Å². The molecule has 1 aromatic carbocycles. The van der Waals surface area contributed by atoms with Gasteiger partial charge in [-0.25, -0.2) is 4.79 Å². The van der Waals surface area contributed by atoms with E-state index in [0.29, 0.717) is 5.56 Å². The number of amides is 1. The minimum atomic E-state index is -1.37. The molecule has 0 saturated heterocycles. The molecule has 0 aliphatic rings. The molecule has 0 aliphatic carbocycles. The number of hydrogen-bond acceptors (Lipinski definition) is 5. The van der Waals surface area contributed by atoms with Gasteiger partial charge in [0.1, 0.15) is 17.6 Å². The van der Waals surface area contributed by atoms with Crippen LogP contribution in [0.25, 0.3) is 0 Å². The minimum Gasteiger partial charge on any atom is -0.508 e. The first kappa shape index (κ1) is 14.5. The Bertz CT molecular complexity index is 495. The Morgan fingerprint density at radius 1 is 1.32 bits per heavy atom. The predicted molar refractivity (Wildman–Crippen MR) is 65.9 cm³/mol. The van der Waals surface area contributed by atoms with Crippen molar-refractivity contribution in [2.75, 3.05) is 0 Å². The van der Waals surface area contributed by atoms with E-state index < -0.39 is 23.7 Å². The smallest absolute Gasteiger partial charge is 0.353 e. The maximum absolute atomic E-state index is 11.4. The molecule has 0 heterocycles. The van der Waals surface area contributed by atoms with E-state index in [2.05, 4.69) is 5.32 Å². The number of aliphatic hydroxyl groups is 1. The van der Waals surface area contributed by atoms with Crippen LogP contribution in [-0.4, -0.2) is 33.3 Å². The molecule has 1 amide bonds. The summed E-state index contributed by atoms with van der Waals surface area (Å²) in [4.78, 5) is 21.8. The number of rotatable bonds is 5. The lowest BCUT2D eigenvalue weighted by molar-refractivity contribution is -0.132. The highest BCUT2D eigenvalue weighted by Crippen LogP contribution is 2.11. The number of phenols is 1. The van der Waals surface area contributed by atoms with Crippen LogP contribution in [0.5, 0.6) is 5.75 Å². The summed E-state index contributed by atoms with van der Waals surface area (Å²) in [6.45, 7) is 0. The van der Waals surface area contributed by atoms with Gasteiger partial charge in [0.2, 0.25) is 0 Å². The molecule has 1 rings (SSSR count). The Morgan fingerprint density at radius 3 is 2.42 bits per heavy atom. The average molecular weight is 266 g/mol. The topological polar surface area (TPSA) is 133 Å². The first-order valence-corrected chi connectivity index (χ1v) is 5.35. The number of benzene rings is 1. The third kappa shape index (κ3) is 4.68. The van der Waals surface area contributed by atoms with Crippen molar-refractivity contribution in [3.8, 4) is 5.75 Å². The Morgan fingerprint density at radius 2 is 1.89 bits per heavy atom. The second-order valence-corrected chi connectivity index (χ2v) is 3.80. The molecule has 1 unspecified atom stereocenters. The highest BCUT2D eigenvalue weighted by Gasteiger charge is 2.15. The lowest BCUT2D eigenvalue weighted by Gasteiger charge is -2.09. The number of aliphatic hydroxyl groups excluding tert-OH is 1. The summed E-state index contributed by atoms with van der Waals surface area (Å²) < 4.78 is 0. The molecule has 0 aromatic heterocycles. The zero-order valence-corrected chi connectivity index (χ0v) is 9.91. The highest BCUT2D eigenvalue weighted by atomic mass is 16.4. The summed E-state index contributed by atoms with van der Waals surface area (Å²) >= 11 is 0. The molecule has 0 radical (unpaired) electrons. The van der Waals surface area contributed by atoms with Gasteiger partial charge in [-0.3, -0.25) is 4.79 Å². The van der Waals surface area contributed by atoms with Crippen molar-refractivity contribution >= 4 is 11.9 Å². The van der Waals surface area contributed by atoms with Crippen LogP contribution in [0.3, 0.4) is 0 Å². The zero-order chi connectivity index (χ0) is 14.4. The standard InChI is InChI=1S/C12H14N2O5/c13-9(12(18)19)6-14-11(17)10(16)5-7-1-3-8(15)4-2-7/h1-4,6,10,15-16H,5,13H2,(H,14,17)(H,18,19). The van der Waals surface area contributed by atoms with Crippen LogP contribution in [0.2, 0.25) is 0 Å². The lowest BCUT2D eigenvalue weighted by atomic mass is 10.1. The van der Waals surface area contributed by atoms with E-state index in [9.17, 15) is 14.7 Å². The van der Waals surface area contributed by atoms with Crippen molar-refractivity contribution in [3.05, 3.63) is 41.7 Å². The molecule has 0 bridgehead atoms. The van der Waals surface area contributed by atoms with E-state index in [0.717, 1.165) is 6.20 Å². The number of aliphatic carboxylic acids is 1. The van der Waals surface area contributed by atoms with Gasteiger partial charge in [0, 0.05) is 12.6 Å². The fraction of sp³-hybridized carbons (Fsp3) is 0.167. The van der Waals surface area contributed by atoms with Gasteiger partial charge in [-0.05, 0) is 17.7 Å². The van der Waals surface area contributed by atoms with Crippen molar-refractivity contribution in [1.82, 2.24) is 5.32 Å². The van der Waals surface area contributed by atoms with Crippen molar-refractivity contribution < 1.29 is 24.9 Å². The van der Waals surface area contributed by atoms with E-state index in [-0.39, 0.29) is 12.2 Å². The number of carboxylic acids is 1. The van der Waals surface area contributed by atoms with E-state index in [4.69, 9.17) is 15.9 Å². The van der Waals surface area contributed by atoms with Gasteiger partial charge < -0.3 is 26.4 Å². The largest absolute Gasteiger partial charge is 0.508 e. The quantitative estimate of drug-likeness (QED) is 0.447. The van der Waals surface area contributed by atoms with Gasteiger partial charge in [0.05, 0.1) is 0 Å². The molecule has 102 valence electrons. The van der Waals surface area contributed by atoms with Gasteiger partial charge in [-0.1, -0.05) is 12.1 Å². The van der Waals surface area contributed by atoms with Gasteiger partial charge in [-0.2, -0.15) is 0 Å². The first-order valence-electron chi connectivity index (χ1n) is 5.35. The van der Waals surface area contributed by atoms with E-state index in [1.54, 1.807) is 12.1 Å². The molecule has 1 aromatic rings. The van der Waals surface area contributed by atoms with Crippen LogP contribution in [0.1, 0.15) is 5.56 Å². The fourth-order valence-electron chi connectivity index (χ4n) is 1.25. The summed E-state index contributed by atoms with van der Waals surface area (Å²) in [7, 11) is 0. The Balaban J connectivity index is 2.56. The van der Waals surface area contributed by atoms with Gasteiger partial charge >= 0.3 is 5.97 Å². The summed E-state index contributed by atoms with van der Waals surface area (Å²) in [5, 5.41) is 29.2. The second-order valence-electron chi connectivity index (χ2n) is 3.80. The summed E-state index contributed by atoms with van der Waals surface area (Å²) in [6, 6.07) is 5.99. The summed E-state index contributed by atoms with van der Waals surface area (Å²) in [5.41, 5.74) is 5.18. The Hall–Kier alpha value is -2.54. The maximum atomic E-state index is 11.4. The molecular weight excluding hydrogens is 252 g/mol. The van der Waals surface area contributed by atoms with Crippen LogP contribution in [0.4, 0.5) is 0 Å². The van der Waals surface area contributed by atoms with Gasteiger partial charge in [0.25, 0.3) is 5.91 Å². The number of phenolic OH excluding ortho intramolecular Hbond substituents is 1. The second kappa shape index (κ2) is 6.41. The van der Waals surface area contributed by atoms with E-state index in [1.807, 2.05) is 0 Å². The normalized spacial score (nSPS) is 12.8. The van der Waals surface area contributed by atoms with Crippen molar-refractivity contribution in [1.29, 1.82) is 0 Å². The van der Waals surface area contributed by atoms with Crippen LogP contribution in [0, 0.1) is 0 Å². The molecular formula is C12H14N2O5. The zero-order valence-electron chi connectivity index (χ0n) is 9.91. The number of carboxylic acid groups (broad SMARTS) is 1. The molecule has 7 nitrogen and oxygen atoms in total. The number of carbonyl (C=O) groups excluding carboxylic acids is 1. The van der Waals surface area contributed by atoms with Crippen LogP contribution < -0.4 is 11.1 Å². The first-order chi connectivity index (χ1) is 8.90. The molecule has 0 fully saturated rings. The predicted octanol–water partition coefficient (Wildman–Crippen LogP) is -0.704. The molecule has 6 N–H and O–H groups in total. The summed E-state index contributed by atoms with van der Waals surface area (Å²) in [6.07, 6.45) is -0.500. The molecule has 1 atom stereocenters. The number of nitrogens with one attached hydrogen (secondary N) is 1. The Kier molecular flexibility index (Phi) is 4.90. The average Bonchev–Trinajstić information content (AvgIpc) is 2.37. The molecule has 0 spiro atoms. The van der Waals surface area contributed by atoms with E-state index in [1.165, 1.54) is 12.1 Å². The SMILES string of the molecule is NC(=CNC(=O)C(O)Cc1ccc(O)cc1)C(=O)O. The highest BCUT2D eigenvalue weighted by molar-refractivity contribution is 5.87. The maximum Gasteiger partial charge on any atom is 0.353 e. The number of nitrogens with two attached hydrogens (primary N) is 1. The number of aromatic hydroxyl groups is 1. The van der Waals surface area contributed by atoms with E-state index >= 15 is 0 Å². The van der Waals surface area contributed by atoms with Crippen LogP contribution >= 0.6 is 0 Å². The van der Waals surface area contributed by atoms with Crippen molar-refractivity contribution in [3.63, 3.8) is 0 Å². The molecule has 7 heteroatoms.